The number of nitrogens with one attached hydrogen (secondary N) is 1. The Hall–Kier alpha value is -2.29. The molecule has 0 aliphatic heterocycles. The van der Waals surface area contributed by atoms with E-state index in [4.69, 9.17) is 0 Å². The summed E-state index contributed by atoms with van der Waals surface area (Å²) in [4.78, 5) is 17.7. The van der Waals surface area contributed by atoms with E-state index in [0.717, 1.165) is 23.2 Å². The van der Waals surface area contributed by atoms with E-state index in [1.165, 1.54) is 23.3 Å². The quantitative estimate of drug-likeness (QED) is 0.895. The molecule has 1 aromatic heterocycles. The van der Waals surface area contributed by atoms with Crippen molar-refractivity contribution in [1.29, 1.82) is 0 Å². The third kappa shape index (κ3) is 4.85. The summed E-state index contributed by atoms with van der Waals surface area (Å²) in [6.45, 7) is -1.02. The van der Waals surface area contributed by atoms with Crippen LogP contribution in [0.1, 0.15) is 10.7 Å². The molecule has 0 fully saturated rings. The molecule has 0 spiro atoms. The first kappa shape index (κ1) is 17.1. The Kier molecular flexibility index (Phi) is 5.43. The van der Waals surface area contributed by atoms with Crippen LogP contribution in [0.25, 0.3) is 0 Å². The lowest BCUT2D eigenvalue weighted by Gasteiger charge is -2.18. The van der Waals surface area contributed by atoms with Gasteiger partial charge in [0.2, 0.25) is 0 Å². The maximum atomic E-state index is 13.1. The van der Waals surface area contributed by atoms with Crippen molar-refractivity contribution in [2.75, 3.05) is 12.4 Å². The number of hydrogen-bond donors (Lipinski definition) is 1. The lowest BCUT2D eigenvalue weighted by atomic mass is 10.3. The van der Waals surface area contributed by atoms with Gasteiger partial charge >= 0.3 is 12.6 Å². The lowest BCUT2D eigenvalue weighted by molar-refractivity contribution is -0.0495. The highest BCUT2D eigenvalue weighted by molar-refractivity contribution is 7.09. The number of carbonyl (C=O) groups excluding carboxylic acids is 1. The molecule has 0 saturated carbocycles. The van der Waals surface area contributed by atoms with E-state index in [-0.39, 0.29) is 12.2 Å². The second-order valence-electron chi connectivity index (χ2n) is 4.66. The highest BCUT2D eigenvalue weighted by Gasteiger charge is 2.16. The van der Waals surface area contributed by atoms with E-state index in [2.05, 4.69) is 15.0 Å². The number of urea groups is 1. The first-order valence-corrected chi connectivity index (χ1v) is 7.40. The minimum atomic E-state index is -3.12. The van der Waals surface area contributed by atoms with Gasteiger partial charge in [-0.1, -0.05) is 0 Å². The lowest BCUT2D eigenvalue weighted by Crippen LogP contribution is -2.31. The van der Waals surface area contributed by atoms with E-state index in [1.54, 1.807) is 0 Å². The largest absolute Gasteiger partial charge is 0.432 e. The van der Waals surface area contributed by atoms with Gasteiger partial charge in [-0.25, -0.2) is 14.2 Å². The molecule has 0 bridgehead atoms. The second-order valence-corrected chi connectivity index (χ2v) is 5.73. The molecule has 0 radical (unpaired) electrons. The molecular weight excluding hydrogens is 331 g/mol. The SMILES string of the molecule is Cc1nc(CN(C)C(=O)Nc2ccc(F)cc2OC(F)F)cs1. The number of halogens is 3. The minimum Gasteiger partial charge on any atom is -0.432 e. The molecular formula is C14H14F3N3O2S. The van der Waals surface area contributed by atoms with Gasteiger partial charge in [0, 0.05) is 18.5 Å². The van der Waals surface area contributed by atoms with Crippen molar-refractivity contribution < 1.29 is 22.7 Å². The van der Waals surface area contributed by atoms with Crippen LogP contribution in [0.2, 0.25) is 0 Å². The topological polar surface area (TPSA) is 54.5 Å². The normalized spacial score (nSPS) is 10.7. The second kappa shape index (κ2) is 7.32. The van der Waals surface area contributed by atoms with E-state index < -0.39 is 24.2 Å². The van der Waals surface area contributed by atoms with Crippen LogP contribution in [0.3, 0.4) is 0 Å². The number of aryl methyl sites for hydroxylation is 1. The Labute approximate surface area is 134 Å². The average Bonchev–Trinajstić information content (AvgIpc) is 2.86. The summed E-state index contributed by atoms with van der Waals surface area (Å²) >= 11 is 1.46. The number of aromatic nitrogens is 1. The fraction of sp³-hybridized carbons (Fsp3) is 0.286. The van der Waals surface area contributed by atoms with Crippen molar-refractivity contribution in [3.05, 3.63) is 40.1 Å². The number of alkyl halides is 2. The number of benzene rings is 1. The van der Waals surface area contributed by atoms with Gasteiger partial charge in [0.25, 0.3) is 0 Å². The number of rotatable bonds is 5. The molecule has 2 aromatic rings. The van der Waals surface area contributed by atoms with Crippen molar-refractivity contribution in [1.82, 2.24) is 9.88 Å². The summed E-state index contributed by atoms with van der Waals surface area (Å²) in [6, 6.07) is 2.43. The van der Waals surface area contributed by atoms with E-state index in [9.17, 15) is 18.0 Å². The first-order chi connectivity index (χ1) is 10.8. The van der Waals surface area contributed by atoms with Crippen LogP contribution in [-0.4, -0.2) is 29.6 Å². The van der Waals surface area contributed by atoms with Gasteiger partial charge in [0.1, 0.15) is 5.82 Å². The van der Waals surface area contributed by atoms with Crippen LogP contribution >= 0.6 is 11.3 Å². The predicted octanol–water partition coefficient (Wildman–Crippen LogP) is 3.86. The van der Waals surface area contributed by atoms with E-state index >= 15 is 0 Å². The van der Waals surface area contributed by atoms with Crippen molar-refractivity contribution in [2.45, 2.75) is 20.1 Å². The van der Waals surface area contributed by atoms with Gasteiger partial charge in [0.15, 0.2) is 5.75 Å². The van der Waals surface area contributed by atoms with Crippen molar-refractivity contribution in [3.63, 3.8) is 0 Å². The molecule has 5 nitrogen and oxygen atoms in total. The fourth-order valence-electron chi connectivity index (χ4n) is 1.80. The average molecular weight is 345 g/mol. The van der Waals surface area contributed by atoms with Crippen molar-refractivity contribution in [3.8, 4) is 5.75 Å². The summed E-state index contributed by atoms with van der Waals surface area (Å²) < 4.78 is 42.0. The highest BCUT2D eigenvalue weighted by Crippen LogP contribution is 2.27. The summed E-state index contributed by atoms with van der Waals surface area (Å²) in [5.74, 6) is -1.18. The van der Waals surface area contributed by atoms with Crippen LogP contribution in [0.4, 0.5) is 23.7 Å². The maximum Gasteiger partial charge on any atom is 0.387 e. The highest BCUT2D eigenvalue weighted by atomic mass is 32.1. The Balaban J connectivity index is 2.07. The zero-order chi connectivity index (χ0) is 17.0. The van der Waals surface area contributed by atoms with Crippen molar-refractivity contribution in [2.24, 2.45) is 0 Å². The fourth-order valence-corrected chi connectivity index (χ4v) is 2.40. The van der Waals surface area contributed by atoms with Crippen LogP contribution in [0.15, 0.2) is 23.6 Å². The Morgan fingerprint density at radius 2 is 2.22 bits per heavy atom. The molecule has 0 unspecified atom stereocenters. The monoisotopic (exact) mass is 345 g/mol. The molecule has 23 heavy (non-hydrogen) atoms. The van der Waals surface area contributed by atoms with E-state index in [1.807, 2.05) is 12.3 Å². The molecule has 124 valence electrons. The predicted molar refractivity (Wildman–Crippen MR) is 80.4 cm³/mol. The number of anilines is 1. The molecule has 2 rings (SSSR count). The van der Waals surface area contributed by atoms with Crippen LogP contribution < -0.4 is 10.1 Å². The van der Waals surface area contributed by atoms with Crippen LogP contribution in [0, 0.1) is 12.7 Å². The first-order valence-electron chi connectivity index (χ1n) is 6.52. The third-order valence-electron chi connectivity index (χ3n) is 2.81. The molecule has 2 amide bonds. The third-order valence-corrected chi connectivity index (χ3v) is 3.64. The smallest absolute Gasteiger partial charge is 0.387 e. The van der Waals surface area contributed by atoms with Gasteiger partial charge in [0.05, 0.1) is 22.9 Å². The number of ether oxygens (including phenoxy) is 1. The zero-order valence-corrected chi connectivity index (χ0v) is 13.2. The maximum absolute atomic E-state index is 13.1. The van der Waals surface area contributed by atoms with Gasteiger partial charge in [-0.3, -0.25) is 0 Å². The van der Waals surface area contributed by atoms with Gasteiger partial charge < -0.3 is 15.0 Å². The van der Waals surface area contributed by atoms with Crippen LogP contribution in [-0.2, 0) is 6.54 Å². The van der Waals surface area contributed by atoms with Gasteiger partial charge in [-0.2, -0.15) is 8.78 Å². The molecule has 0 aliphatic rings. The van der Waals surface area contributed by atoms with Gasteiger partial charge in [-0.15, -0.1) is 11.3 Å². The molecule has 0 atom stereocenters. The molecule has 1 N–H and O–H groups in total. The van der Waals surface area contributed by atoms with Crippen molar-refractivity contribution >= 4 is 23.1 Å². The van der Waals surface area contributed by atoms with Crippen LogP contribution in [0.5, 0.6) is 5.75 Å². The zero-order valence-electron chi connectivity index (χ0n) is 12.3. The Morgan fingerprint density at radius 3 is 2.83 bits per heavy atom. The summed E-state index contributed by atoms with van der Waals surface area (Å²) in [7, 11) is 1.53. The Morgan fingerprint density at radius 1 is 1.48 bits per heavy atom. The summed E-state index contributed by atoms with van der Waals surface area (Å²) in [5.41, 5.74) is 0.673. The molecule has 0 saturated heterocycles. The molecule has 9 heteroatoms. The standard InChI is InChI=1S/C14H14F3N3O2S/c1-8-18-10(7-23-8)6-20(2)14(21)19-11-4-3-9(15)5-12(11)22-13(16)17/h3-5,7,13H,6H2,1-2H3,(H,19,21). The van der Waals surface area contributed by atoms with Gasteiger partial charge in [-0.05, 0) is 19.1 Å². The Bertz CT molecular complexity index is 694. The molecule has 1 aromatic carbocycles. The number of nitrogens with zero attached hydrogens (tertiary/aromatic N) is 2. The minimum absolute atomic E-state index is 0.0435. The number of amides is 2. The van der Waals surface area contributed by atoms with E-state index in [0.29, 0.717) is 5.69 Å². The molecule has 0 aliphatic carbocycles. The summed E-state index contributed by atoms with van der Waals surface area (Å²) in [5, 5.41) is 5.10. The number of thiazole rings is 1. The number of carbonyl (C=O) groups is 1. The summed E-state index contributed by atoms with van der Waals surface area (Å²) in [6.07, 6.45) is 0. The molecule has 1 heterocycles. The number of hydrogen-bond acceptors (Lipinski definition) is 4.